The Balaban J connectivity index is 2.50. The molecule has 0 aliphatic rings. The molecule has 8 heteroatoms. The van der Waals surface area contributed by atoms with E-state index in [-0.39, 0.29) is 5.03 Å². The van der Waals surface area contributed by atoms with Gasteiger partial charge in [0.25, 0.3) is 10.0 Å². The van der Waals surface area contributed by atoms with Gasteiger partial charge < -0.3 is 4.90 Å². The Hall–Kier alpha value is -1.73. The molecule has 21 heavy (non-hydrogen) atoms. The van der Waals surface area contributed by atoms with Gasteiger partial charge in [0.2, 0.25) is 0 Å². The van der Waals surface area contributed by atoms with Crippen LogP contribution in [0.3, 0.4) is 0 Å². The molecular formula is C13H17ClN4O2S. The highest BCUT2D eigenvalue weighted by molar-refractivity contribution is 7.92. The van der Waals surface area contributed by atoms with Crippen LogP contribution in [0.25, 0.3) is 0 Å². The fourth-order valence-electron chi connectivity index (χ4n) is 2.17. The molecule has 1 aromatic heterocycles. The van der Waals surface area contributed by atoms with Gasteiger partial charge in [0.05, 0.1) is 22.6 Å². The van der Waals surface area contributed by atoms with Crippen LogP contribution in [0.15, 0.2) is 29.4 Å². The molecule has 0 spiro atoms. The summed E-state index contributed by atoms with van der Waals surface area (Å²) in [6.45, 7) is 1.70. The van der Waals surface area contributed by atoms with Crippen molar-refractivity contribution in [3.63, 3.8) is 0 Å². The number of hydrogen-bond acceptors (Lipinski definition) is 4. The second-order valence-electron chi connectivity index (χ2n) is 4.89. The van der Waals surface area contributed by atoms with Crippen molar-refractivity contribution in [3.05, 3.63) is 35.0 Å². The summed E-state index contributed by atoms with van der Waals surface area (Å²) in [6, 6.07) is 5.08. The second kappa shape index (κ2) is 5.57. The minimum atomic E-state index is -3.74. The van der Waals surface area contributed by atoms with E-state index < -0.39 is 10.0 Å². The molecular weight excluding hydrogens is 312 g/mol. The van der Waals surface area contributed by atoms with Gasteiger partial charge in [-0.2, -0.15) is 13.5 Å². The van der Waals surface area contributed by atoms with Crippen LogP contribution < -0.4 is 9.62 Å². The average Bonchev–Trinajstić information content (AvgIpc) is 2.68. The average molecular weight is 329 g/mol. The number of halogens is 1. The molecule has 0 fully saturated rings. The summed E-state index contributed by atoms with van der Waals surface area (Å²) >= 11 is 6.15. The smallest absolute Gasteiger partial charge is 0.279 e. The Labute approximate surface area is 129 Å². The fraction of sp³-hybridized carbons (Fsp3) is 0.308. The second-order valence-corrected chi connectivity index (χ2v) is 6.90. The molecule has 1 heterocycles. The van der Waals surface area contributed by atoms with Crippen LogP contribution >= 0.6 is 11.6 Å². The number of aromatic nitrogens is 2. The molecule has 0 aliphatic heterocycles. The zero-order valence-electron chi connectivity index (χ0n) is 12.3. The fourth-order valence-corrected chi connectivity index (χ4v) is 3.93. The largest absolute Gasteiger partial charge is 0.375 e. The predicted octanol–water partition coefficient (Wildman–Crippen LogP) is 2.25. The van der Waals surface area contributed by atoms with E-state index in [1.54, 1.807) is 51.2 Å². The molecule has 0 amide bonds. The monoisotopic (exact) mass is 328 g/mol. The molecule has 114 valence electrons. The quantitative estimate of drug-likeness (QED) is 0.934. The standard InChI is InChI=1S/C13H17ClN4O2S/c1-9-8-15-18(4)13(9)21(19,20)16-11-7-5-6-10(14)12(11)17(2)3/h5-8,16H,1-4H3. The highest BCUT2D eigenvalue weighted by Crippen LogP contribution is 2.34. The Morgan fingerprint density at radius 2 is 2.00 bits per heavy atom. The maximum atomic E-state index is 12.6. The maximum Gasteiger partial charge on any atom is 0.279 e. The first-order chi connectivity index (χ1) is 9.74. The normalized spacial score (nSPS) is 11.5. The summed E-state index contributed by atoms with van der Waals surface area (Å²) in [5, 5.41) is 4.57. The first-order valence-corrected chi connectivity index (χ1v) is 8.07. The number of rotatable bonds is 4. The molecule has 0 unspecified atom stereocenters. The molecule has 0 radical (unpaired) electrons. The van der Waals surface area contributed by atoms with Gasteiger partial charge in [-0.15, -0.1) is 0 Å². The van der Waals surface area contributed by atoms with Crippen LogP contribution in [0.4, 0.5) is 11.4 Å². The van der Waals surface area contributed by atoms with Gasteiger partial charge in [-0.3, -0.25) is 9.40 Å². The molecule has 2 aromatic rings. The Morgan fingerprint density at radius 3 is 2.52 bits per heavy atom. The SMILES string of the molecule is Cc1cnn(C)c1S(=O)(=O)Nc1cccc(Cl)c1N(C)C. The zero-order chi connectivity index (χ0) is 15.8. The Bertz CT molecular complexity index is 749. The maximum absolute atomic E-state index is 12.6. The lowest BCUT2D eigenvalue weighted by atomic mass is 10.2. The van der Waals surface area contributed by atoms with E-state index in [9.17, 15) is 8.42 Å². The van der Waals surface area contributed by atoms with Crippen LogP contribution in [0, 0.1) is 6.92 Å². The lowest BCUT2D eigenvalue weighted by Gasteiger charge is -2.20. The minimum absolute atomic E-state index is 0.132. The third-order valence-corrected chi connectivity index (χ3v) is 4.88. The van der Waals surface area contributed by atoms with Crippen LogP contribution in [0.2, 0.25) is 5.02 Å². The molecule has 0 bridgehead atoms. The summed E-state index contributed by atoms with van der Waals surface area (Å²) in [5.74, 6) is 0. The third-order valence-electron chi connectivity index (χ3n) is 2.99. The first kappa shape index (κ1) is 15.7. The van der Waals surface area contributed by atoms with Crippen molar-refractivity contribution in [2.75, 3.05) is 23.7 Å². The lowest BCUT2D eigenvalue weighted by Crippen LogP contribution is -2.20. The zero-order valence-corrected chi connectivity index (χ0v) is 13.8. The van der Waals surface area contributed by atoms with Gasteiger partial charge >= 0.3 is 0 Å². The van der Waals surface area contributed by atoms with Gasteiger partial charge in [-0.25, -0.2) is 0 Å². The predicted molar refractivity (Wildman–Crippen MR) is 84.5 cm³/mol. The number of anilines is 2. The molecule has 0 saturated heterocycles. The lowest BCUT2D eigenvalue weighted by molar-refractivity contribution is 0.581. The van der Waals surface area contributed by atoms with E-state index in [4.69, 9.17) is 11.6 Å². The number of nitrogens with one attached hydrogen (secondary N) is 1. The van der Waals surface area contributed by atoms with E-state index in [1.807, 2.05) is 0 Å². The number of nitrogens with zero attached hydrogens (tertiary/aromatic N) is 3. The van der Waals surface area contributed by atoms with Gasteiger partial charge in [0, 0.05) is 26.7 Å². The topological polar surface area (TPSA) is 67.2 Å². The van der Waals surface area contributed by atoms with Crippen molar-refractivity contribution in [1.82, 2.24) is 9.78 Å². The molecule has 6 nitrogen and oxygen atoms in total. The summed E-state index contributed by atoms with van der Waals surface area (Å²) in [6.07, 6.45) is 1.51. The summed E-state index contributed by atoms with van der Waals surface area (Å²) in [5.41, 5.74) is 1.62. The number of sulfonamides is 1. The van der Waals surface area contributed by atoms with Crippen molar-refractivity contribution in [2.24, 2.45) is 7.05 Å². The van der Waals surface area contributed by atoms with Crippen LogP contribution in [-0.2, 0) is 17.1 Å². The summed E-state index contributed by atoms with van der Waals surface area (Å²) in [7, 11) is 1.45. The van der Waals surface area contributed by atoms with Crippen LogP contribution in [0.1, 0.15) is 5.56 Å². The van der Waals surface area contributed by atoms with Crippen molar-refractivity contribution >= 4 is 33.0 Å². The highest BCUT2D eigenvalue weighted by atomic mass is 35.5. The van der Waals surface area contributed by atoms with Crippen molar-refractivity contribution in [2.45, 2.75) is 11.9 Å². The molecule has 0 saturated carbocycles. The number of hydrogen-bond donors (Lipinski definition) is 1. The number of benzene rings is 1. The van der Waals surface area contributed by atoms with E-state index in [0.29, 0.717) is 22.0 Å². The van der Waals surface area contributed by atoms with Crippen LogP contribution in [-0.4, -0.2) is 32.3 Å². The Kier molecular flexibility index (Phi) is 4.15. The number of para-hydroxylation sites is 1. The minimum Gasteiger partial charge on any atom is -0.375 e. The first-order valence-electron chi connectivity index (χ1n) is 6.21. The van der Waals surface area contributed by atoms with Gasteiger partial charge in [0.1, 0.15) is 0 Å². The van der Waals surface area contributed by atoms with Gasteiger partial charge in [0.15, 0.2) is 5.03 Å². The van der Waals surface area contributed by atoms with Crippen molar-refractivity contribution in [1.29, 1.82) is 0 Å². The summed E-state index contributed by atoms with van der Waals surface area (Å²) in [4.78, 5) is 1.76. The molecule has 0 atom stereocenters. The van der Waals surface area contributed by atoms with E-state index in [1.165, 1.54) is 10.9 Å². The van der Waals surface area contributed by atoms with Gasteiger partial charge in [-0.05, 0) is 19.1 Å². The Morgan fingerprint density at radius 1 is 1.33 bits per heavy atom. The van der Waals surface area contributed by atoms with Crippen molar-refractivity contribution < 1.29 is 8.42 Å². The molecule has 2 rings (SSSR count). The third kappa shape index (κ3) is 2.98. The van der Waals surface area contributed by atoms with Crippen LogP contribution in [0.5, 0.6) is 0 Å². The number of aryl methyl sites for hydroxylation is 2. The van der Waals surface area contributed by atoms with Crippen molar-refractivity contribution in [3.8, 4) is 0 Å². The molecule has 1 N–H and O–H groups in total. The summed E-state index contributed by atoms with van der Waals surface area (Å²) < 4.78 is 29.0. The molecule has 1 aromatic carbocycles. The van der Waals surface area contributed by atoms with E-state index in [2.05, 4.69) is 9.82 Å². The van der Waals surface area contributed by atoms with Gasteiger partial charge in [-0.1, -0.05) is 17.7 Å². The van der Waals surface area contributed by atoms with E-state index in [0.717, 1.165) is 0 Å². The molecule has 0 aliphatic carbocycles. The van der Waals surface area contributed by atoms with E-state index >= 15 is 0 Å². The highest BCUT2D eigenvalue weighted by Gasteiger charge is 2.23.